The number of thioether (sulfide) groups is 1. The number of anilines is 2. The van der Waals surface area contributed by atoms with E-state index in [-0.39, 0.29) is 17.5 Å². The first-order chi connectivity index (χ1) is 14.5. The molecule has 10 heteroatoms. The summed E-state index contributed by atoms with van der Waals surface area (Å²) in [5.41, 5.74) is 14.4. The lowest BCUT2D eigenvalue weighted by atomic mass is 10.2. The number of benzene rings is 1. The number of hydrogen-bond acceptors (Lipinski definition) is 9. The molecule has 0 atom stereocenters. The van der Waals surface area contributed by atoms with Crippen molar-refractivity contribution in [2.24, 2.45) is 0 Å². The fourth-order valence-electron chi connectivity index (χ4n) is 3.69. The van der Waals surface area contributed by atoms with Gasteiger partial charge in [0, 0.05) is 4.88 Å². The van der Waals surface area contributed by atoms with Gasteiger partial charge in [-0.2, -0.15) is 15.0 Å². The second kappa shape index (κ2) is 7.37. The van der Waals surface area contributed by atoms with E-state index in [1.54, 1.807) is 15.9 Å². The van der Waals surface area contributed by atoms with Crippen LogP contribution in [0.15, 0.2) is 34.2 Å². The first kappa shape index (κ1) is 19.0. The Balaban J connectivity index is 1.64. The molecule has 1 aliphatic rings. The minimum absolute atomic E-state index is 0.0274. The fraction of sp³-hybridized carbons (Fsp3) is 0.250. The highest BCUT2D eigenvalue weighted by Crippen LogP contribution is 2.36. The van der Waals surface area contributed by atoms with Crippen molar-refractivity contribution < 1.29 is 0 Å². The van der Waals surface area contributed by atoms with Gasteiger partial charge in [0.05, 0.1) is 16.8 Å². The number of fused-ring (bicyclic) bond motifs is 3. The number of thiophene rings is 1. The Labute approximate surface area is 180 Å². The minimum Gasteiger partial charge on any atom is -0.368 e. The molecule has 0 saturated carbocycles. The summed E-state index contributed by atoms with van der Waals surface area (Å²) >= 11 is 3.01. The normalized spacial score (nSPS) is 13.1. The van der Waals surface area contributed by atoms with Crippen LogP contribution in [0, 0.1) is 6.92 Å². The van der Waals surface area contributed by atoms with Crippen molar-refractivity contribution in [1.82, 2.24) is 24.5 Å². The van der Waals surface area contributed by atoms with Crippen LogP contribution in [0.1, 0.15) is 28.2 Å². The first-order valence-electron chi connectivity index (χ1n) is 9.52. The zero-order valence-corrected chi connectivity index (χ0v) is 17.9. The summed E-state index contributed by atoms with van der Waals surface area (Å²) in [6.45, 7) is 2.02. The number of aromatic nitrogens is 5. The molecule has 0 amide bonds. The van der Waals surface area contributed by atoms with Gasteiger partial charge >= 0.3 is 0 Å². The molecule has 3 heterocycles. The van der Waals surface area contributed by atoms with Crippen LogP contribution in [0.2, 0.25) is 0 Å². The smallest absolute Gasteiger partial charge is 0.267 e. The highest BCUT2D eigenvalue weighted by atomic mass is 32.2. The summed E-state index contributed by atoms with van der Waals surface area (Å²) in [4.78, 5) is 32.6. The lowest BCUT2D eigenvalue weighted by Crippen LogP contribution is -2.22. The molecule has 4 N–H and O–H groups in total. The molecule has 30 heavy (non-hydrogen) atoms. The molecule has 8 nitrogen and oxygen atoms in total. The van der Waals surface area contributed by atoms with Crippen molar-refractivity contribution in [1.29, 1.82) is 0 Å². The van der Waals surface area contributed by atoms with Crippen LogP contribution in [0.4, 0.5) is 11.9 Å². The first-order valence-corrected chi connectivity index (χ1v) is 11.3. The molecule has 0 fully saturated rings. The molecular weight excluding hydrogens is 418 g/mol. The third-order valence-corrected chi connectivity index (χ3v) is 7.17. The van der Waals surface area contributed by atoms with Crippen LogP contribution in [-0.2, 0) is 18.6 Å². The van der Waals surface area contributed by atoms with Crippen LogP contribution in [0.25, 0.3) is 15.9 Å². The third kappa shape index (κ3) is 3.31. The van der Waals surface area contributed by atoms with Crippen LogP contribution in [-0.4, -0.2) is 24.5 Å². The van der Waals surface area contributed by atoms with E-state index in [0.29, 0.717) is 16.7 Å². The van der Waals surface area contributed by atoms with Crippen molar-refractivity contribution in [2.75, 3.05) is 11.5 Å². The van der Waals surface area contributed by atoms with Gasteiger partial charge in [-0.1, -0.05) is 29.5 Å². The van der Waals surface area contributed by atoms with Crippen LogP contribution < -0.4 is 17.0 Å². The molecule has 1 aromatic carbocycles. The highest BCUT2D eigenvalue weighted by molar-refractivity contribution is 7.98. The van der Waals surface area contributed by atoms with Crippen molar-refractivity contribution in [3.8, 4) is 5.69 Å². The van der Waals surface area contributed by atoms with Crippen molar-refractivity contribution in [2.45, 2.75) is 37.1 Å². The van der Waals surface area contributed by atoms with Crippen LogP contribution >= 0.6 is 23.1 Å². The second-order valence-corrected chi connectivity index (χ2v) is 9.19. The number of rotatable bonds is 4. The Hall–Kier alpha value is -2.98. The van der Waals surface area contributed by atoms with Crippen molar-refractivity contribution >= 4 is 45.2 Å². The Morgan fingerprint density at radius 2 is 1.80 bits per heavy atom. The Morgan fingerprint density at radius 3 is 2.53 bits per heavy atom. The predicted octanol–water partition coefficient (Wildman–Crippen LogP) is 2.89. The van der Waals surface area contributed by atoms with Gasteiger partial charge in [0.1, 0.15) is 10.7 Å². The molecule has 3 aromatic heterocycles. The molecule has 0 radical (unpaired) electrons. The van der Waals surface area contributed by atoms with E-state index in [9.17, 15) is 4.79 Å². The van der Waals surface area contributed by atoms with Gasteiger partial charge in [0.2, 0.25) is 11.9 Å². The maximum absolute atomic E-state index is 13.6. The van der Waals surface area contributed by atoms with Gasteiger partial charge in [-0.3, -0.25) is 9.36 Å². The van der Waals surface area contributed by atoms with Gasteiger partial charge in [-0.05, 0) is 43.9 Å². The summed E-state index contributed by atoms with van der Waals surface area (Å²) in [7, 11) is 0. The quantitative estimate of drug-likeness (QED) is 0.369. The van der Waals surface area contributed by atoms with Gasteiger partial charge in [-0.15, -0.1) is 11.3 Å². The Bertz CT molecular complexity index is 1310. The third-order valence-electron chi connectivity index (χ3n) is 5.05. The second-order valence-electron chi connectivity index (χ2n) is 7.16. The monoisotopic (exact) mass is 437 g/mol. The minimum atomic E-state index is -0.0274. The van der Waals surface area contributed by atoms with E-state index in [2.05, 4.69) is 15.0 Å². The van der Waals surface area contributed by atoms with E-state index in [4.69, 9.17) is 16.5 Å². The van der Waals surface area contributed by atoms with Gasteiger partial charge in [0.25, 0.3) is 5.56 Å². The predicted molar refractivity (Wildman–Crippen MR) is 120 cm³/mol. The number of hydrogen-bond donors (Lipinski definition) is 2. The number of aryl methyl sites for hydroxylation is 3. The van der Waals surface area contributed by atoms with Crippen molar-refractivity contribution in [3.05, 3.63) is 56.4 Å². The summed E-state index contributed by atoms with van der Waals surface area (Å²) in [6.07, 6.45) is 3.06. The SMILES string of the molecule is Cc1ccc(-n2c(SCc3nc(N)nc(N)n3)nc3sc4c(c3c2=O)CCC4)cc1. The van der Waals surface area contributed by atoms with Crippen LogP contribution in [0.3, 0.4) is 0 Å². The molecule has 152 valence electrons. The molecule has 5 rings (SSSR count). The molecule has 1 aliphatic carbocycles. The summed E-state index contributed by atoms with van der Waals surface area (Å²) in [6, 6.07) is 7.87. The van der Waals surface area contributed by atoms with E-state index >= 15 is 0 Å². The van der Waals surface area contributed by atoms with Gasteiger partial charge < -0.3 is 11.5 Å². The molecule has 0 bridgehead atoms. The number of nitrogens with two attached hydrogens (primary N) is 2. The number of nitrogens with zero attached hydrogens (tertiary/aromatic N) is 5. The Kier molecular flexibility index (Phi) is 4.67. The van der Waals surface area contributed by atoms with Crippen LogP contribution in [0.5, 0.6) is 0 Å². The fourth-order valence-corrected chi connectivity index (χ4v) is 5.86. The molecule has 0 spiro atoms. The maximum Gasteiger partial charge on any atom is 0.267 e. The van der Waals surface area contributed by atoms with E-state index < -0.39 is 0 Å². The topological polar surface area (TPSA) is 126 Å². The lowest BCUT2D eigenvalue weighted by Gasteiger charge is -2.12. The van der Waals surface area contributed by atoms with Crippen molar-refractivity contribution in [3.63, 3.8) is 0 Å². The summed E-state index contributed by atoms with van der Waals surface area (Å²) in [5, 5.41) is 1.35. The molecular formula is C20H19N7OS2. The summed E-state index contributed by atoms with van der Waals surface area (Å²) in [5.74, 6) is 0.967. The lowest BCUT2D eigenvalue weighted by molar-refractivity contribution is 0.818. The molecule has 0 unspecified atom stereocenters. The van der Waals surface area contributed by atoms with Gasteiger partial charge in [-0.25, -0.2) is 4.98 Å². The maximum atomic E-state index is 13.6. The largest absolute Gasteiger partial charge is 0.368 e. The zero-order valence-electron chi connectivity index (χ0n) is 16.3. The van der Waals surface area contributed by atoms with Gasteiger partial charge in [0.15, 0.2) is 5.16 Å². The van der Waals surface area contributed by atoms with E-state index in [1.165, 1.54) is 22.2 Å². The molecule has 4 aromatic rings. The van der Waals surface area contributed by atoms with E-state index in [0.717, 1.165) is 40.7 Å². The van der Waals surface area contributed by atoms with E-state index in [1.807, 2.05) is 31.2 Å². The standard InChI is InChI=1S/C20H19N7OS2/c1-10-5-7-11(8-6-10)27-17(28)15-12-3-2-4-13(12)30-16(15)25-20(27)29-9-14-23-18(21)26-19(22)24-14/h5-8H,2-4,9H2,1H3,(H4,21,22,23,24,26). The Morgan fingerprint density at radius 1 is 1.07 bits per heavy atom. The highest BCUT2D eigenvalue weighted by Gasteiger charge is 2.24. The summed E-state index contributed by atoms with van der Waals surface area (Å²) < 4.78 is 1.69. The zero-order chi connectivity index (χ0) is 20.8. The average molecular weight is 438 g/mol. The molecule has 0 saturated heterocycles. The number of nitrogen functional groups attached to an aromatic ring is 2. The average Bonchev–Trinajstić information content (AvgIpc) is 3.27. The molecule has 0 aliphatic heterocycles.